The summed E-state index contributed by atoms with van der Waals surface area (Å²) in [6, 6.07) is 3.19. The molecule has 2 unspecified atom stereocenters. The number of rotatable bonds is 3. The Labute approximate surface area is 165 Å². The van der Waals surface area contributed by atoms with Crippen molar-refractivity contribution in [3.63, 3.8) is 0 Å². The van der Waals surface area contributed by atoms with Crippen molar-refractivity contribution in [2.24, 2.45) is 0 Å². The number of benzene rings is 1. The molecule has 1 aromatic heterocycles. The van der Waals surface area contributed by atoms with E-state index in [4.69, 9.17) is 5.11 Å². The molecular weight excluding hydrogens is 381 g/mol. The van der Waals surface area contributed by atoms with Gasteiger partial charge < -0.3 is 29.7 Å². The Bertz CT molecular complexity index is 1030. The second-order valence-corrected chi connectivity index (χ2v) is 8.24. The number of anilines is 1. The van der Waals surface area contributed by atoms with Crippen molar-refractivity contribution in [2.75, 3.05) is 18.0 Å². The van der Waals surface area contributed by atoms with Crippen molar-refractivity contribution >= 4 is 22.7 Å². The number of aliphatic hydroxyl groups excluding tert-OH is 1. The number of carbonyl (C=O) groups is 1. The zero-order valence-corrected chi connectivity index (χ0v) is 15.7. The van der Waals surface area contributed by atoms with Gasteiger partial charge in [0.15, 0.2) is 5.75 Å². The highest BCUT2D eigenvalue weighted by Crippen LogP contribution is 2.39. The molecule has 2 bridgehead atoms. The van der Waals surface area contributed by atoms with Crippen molar-refractivity contribution < 1.29 is 24.1 Å². The van der Waals surface area contributed by atoms with Crippen LogP contribution in [0.3, 0.4) is 0 Å². The molecule has 154 valence electrons. The average Bonchev–Trinajstić information content (AvgIpc) is 3.47. The van der Waals surface area contributed by atoms with Crippen LogP contribution in [-0.4, -0.2) is 52.2 Å². The third-order valence-corrected chi connectivity index (χ3v) is 6.01. The third kappa shape index (κ3) is 3.34. The van der Waals surface area contributed by atoms with Gasteiger partial charge in [0.25, 0.3) is 0 Å². The number of aliphatic hydroxyl groups is 1. The fourth-order valence-corrected chi connectivity index (χ4v) is 4.68. The van der Waals surface area contributed by atoms with Crippen molar-refractivity contribution in [3.8, 4) is 5.75 Å². The monoisotopic (exact) mass is 403 g/mol. The van der Waals surface area contributed by atoms with Crippen LogP contribution < -0.4 is 20.4 Å². The molecule has 2 saturated heterocycles. The van der Waals surface area contributed by atoms with E-state index >= 15 is 4.39 Å². The topological polar surface area (TPSA) is 104 Å². The van der Waals surface area contributed by atoms with E-state index in [1.807, 2.05) is 9.47 Å². The minimum absolute atomic E-state index is 0.0876. The molecule has 29 heavy (non-hydrogen) atoms. The first-order valence-corrected chi connectivity index (χ1v) is 9.87. The summed E-state index contributed by atoms with van der Waals surface area (Å²) in [5, 5.41) is 22.4. The van der Waals surface area contributed by atoms with E-state index in [1.165, 1.54) is 12.3 Å². The number of aromatic nitrogens is 1. The second kappa shape index (κ2) is 6.70. The van der Waals surface area contributed by atoms with Gasteiger partial charge in [-0.15, -0.1) is 0 Å². The minimum Gasteiger partial charge on any atom is -0.449 e. The number of piperazine rings is 1. The molecule has 3 heterocycles. The summed E-state index contributed by atoms with van der Waals surface area (Å²) in [5.41, 5.74) is 0.367. The van der Waals surface area contributed by atoms with Crippen molar-refractivity contribution in [1.82, 2.24) is 9.88 Å². The predicted octanol–water partition coefficient (Wildman–Crippen LogP) is 1.83. The van der Waals surface area contributed by atoms with Gasteiger partial charge in [0.2, 0.25) is 5.43 Å². The lowest BCUT2D eigenvalue weighted by Crippen LogP contribution is -2.61. The summed E-state index contributed by atoms with van der Waals surface area (Å²) in [4.78, 5) is 25.6. The molecule has 3 fully saturated rings. The number of fused-ring (bicyclic) bond motifs is 3. The van der Waals surface area contributed by atoms with Crippen LogP contribution in [0.2, 0.25) is 0 Å². The van der Waals surface area contributed by atoms with Crippen LogP contribution in [0.1, 0.15) is 31.7 Å². The number of halogens is 1. The van der Waals surface area contributed by atoms with E-state index in [9.17, 15) is 14.7 Å². The van der Waals surface area contributed by atoms with Crippen molar-refractivity contribution in [1.29, 1.82) is 0 Å². The van der Waals surface area contributed by atoms with Gasteiger partial charge in [-0.05, 0) is 37.8 Å². The molecule has 0 radical (unpaired) electrons. The maximum atomic E-state index is 15.1. The standard InChI is InChI=1S/C20H22FN3O5/c21-15-5-14-16(24(12-1-2-12)9-18(19(14)26)29-20(27)28)6-17(15)23-7-10-3-13(25)4-11(8-23)22-10/h5-6,9-13,22,25H,1-4,7-8H2,(H,27,28). The Morgan fingerprint density at radius 1 is 1.21 bits per heavy atom. The molecule has 0 spiro atoms. The fourth-order valence-electron chi connectivity index (χ4n) is 4.68. The minimum atomic E-state index is -1.57. The van der Waals surface area contributed by atoms with Gasteiger partial charge in [-0.3, -0.25) is 4.79 Å². The van der Waals surface area contributed by atoms with Gasteiger partial charge in [0, 0.05) is 31.2 Å². The molecule has 1 aromatic carbocycles. The quantitative estimate of drug-likeness (QED) is 0.672. The average molecular weight is 403 g/mol. The molecule has 5 rings (SSSR count). The van der Waals surface area contributed by atoms with Gasteiger partial charge in [0.1, 0.15) is 5.82 Å². The van der Waals surface area contributed by atoms with E-state index in [2.05, 4.69) is 10.1 Å². The molecule has 0 amide bonds. The zero-order valence-electron chi connectivity index (χ0n) is 15.7. The van der Waals surface area contributed by atoms with Crippen LogP contribution in [0.4, 0.5) is 14.9 Å². The number of hydrogen-bond acceptors (Lipinski definition) is 6. The molecular formula is C20H22FN3O5. The second-order valence-electron chi connectivity index (χ2n) is 8.24. The Balaban J connectivity index is 1.60. The highest BCUT2D eigenvalue weighted by atomic mass is 19.1. The highest BCUT2D eigenvalue weighted by molar-refractivity contribution is 5.85. The van der Waals surface area contributed by atoms with Crippen LogP contribution in [-0.2, 0) is 0 Å². The summed E-state index contributed by atoms with van der Waals surface area (Å²) >= 11 is 0. The SMILES string of the molecule is O=C(O)Oc1cn(C2CC2)c2cc(N3CC4CC(O)CC(C3)N4)c(F)cc2c1=O. The molecule has 2 aromatic rings. The highest BCUT2D eigenvalue weighted by Gasteiger charge is 2.35. The van der Waals surface area contributed by atoms with E-state index in [0.717, 1.165) is 12.8 Å². The van der Waals surface area contributed by atoms with Crippen LogP contribution >= 0.6 is 0 Å². The van der Waals surface area contributed by atoms with Gasteiger partial charge in [-0.1, -0.05) is 0 Å². The van der Waals surface area contributed by atoms with Crippen LogP contribution in [0.5, 0.6) is 5.75 Å². The van der Waals surface area contributed by atoms with Crippen molar-refractivity contribution in [2.45, 2.75) is 49.9 Å². The van der Waals surface area contributed by atoms with Crippen LogP contribution in [0, 0.1) is 5.82 Å². The summed E-state index contributed by atoms with van der Waals surface area (Å²) in [7, 11) is 0. The number of nitrogens with one attached hydrogen (secondary N) is 1. The van der Waals surface area contributed by atoms with Crippen molar-refractivity contribution in [3.05, 3.63) is 34.4 Å². The molecule has 2 aliphatic heterocycles. The Morgan fingerprint density at radius 2 is 1.90 bits per heavy atom. The first-order valence-electron chi connectivity index (χ1n) is 9.87. The Morgan fingerprint density at radius 3 is 2.52 bits per heavy atom. The summed E-state index contributed by atoms with van der Waals surface area (Å²) in [5.74, 6) is -0.834. The number of hydrogen-bond donors (Lipinski definition) is 3. The Kier molecular flexibility index (Phi) is 4.25. The number of nitrogens with zero attached hydrogens (tertiary/aromatic N) is 2. The predicted molar refractivity (Wildman–Crippen MR) is 103 cm³/mol. The van der Waals surface area contributed by atoms with E-state index in [0.29, 0.717) is 37.1 Å². The lowest BCUT2D eigenvalue weighted by molar-refractivity contribution is 0.0861. The van der Waals surface area contributed by atoms with Gasteiger partial charge >= 0.3 is 6.16 Å². The summed E-state index contributed by atoms with van der Waals surface area (Å²) < 4.78 is 21.5. The molecule has 1 aliphatic carbocycles. The van der Waals surface area contributed by atoms with E-state index in [1.54, 1.807) is 6.07 Å². The molecule has 3 aliphatic rings. The van der Waals surface area contributed by atoms with Gasteiger partial charge in [0.05, 0.1) is 28.9 Å². The third-order valence-electron chi connectivity index (χ3n) is 6.01. The number of piperidine rings is 1. The van der Waals surface area contributed by atoms with Crippen LogP contribution in [0.15, 0.2) is 23.1 Å². The fraction of sp³-hybridized carbons (Fsp3) is 0.500. The smallest absolute Gasteiger partial charge is 0.449 e. The lowest BCUT2D eigenvalue weighted by atomic mass is 9.91. The number of carboxylic acid groups (broad SMARTS) is 1. The largest absolute Gasteiger partial charge is 0.511 e. The molecule has 8 nitrogen and oxygen atoms in total. The lowest BCUT2D eigenvalue weighted by Gasteiger charge is -2.45. The molecule has 3 N–H and O–H groups in total. The van der Waals surface area contributed by atoms with Gasteiger partial charge in [-0.25, -0.2) is 9.18 Å². The number of ether oxygens (including phenoxy) is 1. The van der Waals surface area contributed by atoms with E-state index < -0.39 is 17.4 Å². The molecule has 2 atom stereocenters. The summed E-state index contributed by atoms with van der Waals surface area (Å²) in [6.45, 7) is 1.15. The molecule has 1 saturated carbocycles. The maximum absolute atomic E-state index is 15.1. The van der Waals surface area contributed by atoms with Gasteiger partial charge in [-0.2, -0.15) is 0 Å². The number of pyridine rings is 1. The Hall–Kier alpha value is -2.65. The van der Waals surface area contributed by atoms with E-state index in [-0.39, 0.29) is 35.4 Å². The normalized spacial score (nSPS) is 26.6. The first-order chi connectivity index (χ1) is 13.9. The maximum Gasteiger partial charge on any atom is 0.511 e. The zero-order chi connectivity index (χ0) is 20.3. The summed E-state index contributed by atoms with van der Waals surface area (Å²) in [6.07, 6.45) is 2.59. The van der Waals surface area contributed by atoms with Crippen LogP contribution in [0.25, 0.3) is 10.9 Å². The first kappa shape index (κ1) is 18.4. The molecule has 9 heteroatoms.